The number of aromatic nitrogens is 1. The van der Waals surface area contributed by atoms with Gasteiger partial charge in [-0.3, -0.25) is 4.79 Å². The molecule has 0 bridgehead atoms. The van der Waals surface area contributed by atoms with E-state index in [0.717, 1.165) is 35.1 Å². The summed E-state index contributed by atoms with van der Waals surface area (Å²) < 4.78 is 5.59. The molecule has 0 N–H and O–H groups in total. The molecule has 1 aromatic carbocycles. The number of rotatable bonds is 6. The summed E-state index contributed by atoms with van der Waals surface area (Å²) in [6, 6.07) is 8.18. The molecule has 0 unspecified atom stereocenters. The van der Waals surface area contributed by atoms with Gasteiger partial charge in [-0.15, -0.1) is 0 Å². The molecule has 0 aliphatic heterocycles. The lowest BCUT2D eigenvalue weighted by Gasteiger charge is -2.34. The number of carbonyl (C=O) groups excluding carboxylic acids is 1. The maximum absolute atomic E-state index is 12.6. The molecule has 0 spiro atoms. The van der Waals surface area contributed by atoms with Gasteiger partial charge in [0.2, 0.25) is 5.91 Å². The lowest BCUT2D eigenvalue weighted by atomic mass is 9.93. The van der Waals surface area contributed by atoms with Crippen molar-refractivity contribution in [3.63, 3.8) is 0 Å². The van der Waals surface area contributed by atoms with E-state index in [4.69, 9.17) is 16.3 Å². The zero-order valence-corrected chi connectivity index (χ0v) is 16.4. The first kappa shape index (κ1) is 19.0. The van der Waals surface area contributed by atoms with Crippen molar-refractivity contribution in [1.82, 2.24) is 9.88 Å². The fourth-order valence-corrected chi connectivity index (χ4v) is 3.95. The minimum absolute atomic E-state index is 0.191. The quantitative estimate of drug-likeness (QED) is 0.639. The Bertz CT molecular complexity index is 772. The Kier molecular flexibility index (Phi) is 6.36. The van der Waals surface area contributed by atoms with E-state index in [9.17, 15) is 4.79 Å². The van der Waals surface area contributed by atoms with Crippen LogP contribution in [0.15, 0.2) is 24.3 Å². The summed E-state index contributed by atoms with van der Waals surface area (Å²) >= 11 is 6.45. The van der Waals surface area contributed by atoms with Crippen LogP contribution in [-0.2, 0) is 11.3 Å². The molecule has 5 heteroatoms. The van der Waals surface area contributed by atoms with Crippen molar-refractivity contribution in [1.29, 1.82) is 0 Å². The van der Waals surface area contributed by atoms with Crippen LogP contribution in [0.5, 0.6) is 5.75 Å². The van der Waals surface area contributed by atoms with Gasteiger partial charge in [-0.05, 0) is 44.0 Å². The second-order valence-corrected chi connectivity index (χ2v) is 7.25. The Labute approximate surface area is 160 Å². The Morgan fingerprint density at radius 3 is 2.69 bits per heavy atom. The first-order valence-corrected chi connectivity index (χ1v) is 10.0. The van der Waals surface area contributed by atoms with Gasteiger partial charge < -0.3 is 9.64 Å². The third-order valence-electron chi connectivity index (χ3n) is 5.10. The van der Waals surface area contributed by atoms with E-state index < -0.39 is 0 Å². The van der Waals surface area contributed by atoms with Gasteiger partial charge in [0.05, 0.1) is 12.1 Å². The second kappa shape index (κ2) is 8.72. The highest BCUT2D eigenvalue weighted by Crippen LogP contribution is 2.29. The third kappa shape index (κ3) is 4.29. The van der Waals surface area contributed by atoms with E-state index >= 15 is 0 Å². The number of amides is 1. The van der Waals surface area contributed by atoms with E-state index in [2.05, 4.69) is 4.98 Å². The number of hydrogen-bond acceptors (Lipinski definition) is 3. The smallest absolute Gasteiger partial charge is 0.222 e. The molecule has 3 rings (SSSR count). The number of fused-ring (bicyclic) bond motifs is 1. The summed E-state index contributed by atoms with van der Waals surface area (Å²) in [5.74, 6) is 1.01. The largest absolute Gasteiger partial charge is 0.494 e. The van der Waals surface area contributed by atoms with Crippen molar-refractivity contribution >= 4 is 28.4 Å². The molecule has 26 heavy (non-hydrogen) atoms. The summed E-state index contributed by atoms with van der Waals surface area (Å²) in [6.45, 7) is 5.04. The summed E-state index contributed by atoms with van der Waals surface area (Å²) in [7, 11) is 0. The molecule has 140 valence electrons. The van der Waals surface area contributed by atoms with Gasteiger partial charge in [0.1, 0.15) is 10.9 Å². The highest BCUT2D eigenvalue weighted by molar-refractivity contribution is 6.30. The van der Waals surface area contributed by atoms with E-state index in [-0.39, 0.29) is 5.91 Å². The monoisotopic (exact) mass is 374 g/mol. The van der Waals surface area contributed by atoms with E-state index in [0.29, 0.717) is 30.8 Å². The molecule has 1 saturated carbocycles. The summed E-state index contributed by atoms with van der Waals surface area (Å²) in [5.41, 5.74) is 1.74. The molecule has 1 fully saturated rings. The molecule has 1 aromatic heterocycles. The van der Waals surface area contributed by atoms with E-state index in [1.54, 1.807) is 0 Å². The number of carbonyl (C=O) groups is 1. The number of nitrogens with zero attached hydrogens (tertiary/aromatic N) is 2. The number of halogens is 1. The molecule has 2 aromatic rings. The van der Waals surface area contributed by atoms with Crippen LogP contribution in [0, 0.1) is 0 Å². The van der Waals surface area contributed by atoms with Crippen LogP contribution in [-0.4, -0.2) is 28.4 Å². The fraction of sp³-hybridized carbons (Fsp3) is 0.524. The van der Waals surface area contributed by atoms with Gasteiger partial charge in [-0.25, -0.2) is 4.98 Å². The Hall–Kier alpha value is -1.81. The summed E-state index contributed by atoms with van der Waals surface area (Å²) in [5, 5.41) is 1.47. The molecule has 1 aliphatic rings. The molecule has 4 nitrogen and oxygen atoms in total. The third-order valence-corrected chi connectivity index (χ3v) is 5.43. The molecular weight excluding hydrogens is 348 g/mol. The standard InChI is InChI=1S/C21H27ClN2O2/c1-3-20(25)24(17-8-6-5-7-9-17)14-16-12-15-13-18(26-4-2)10-11-19(15)23-21(16)22/h10-13,17H,3-9,14H2,1-2H3. The number of pyridine rings is 1. The molecular formula is C21H27ClN2O2. The maximum Gasteiger partial charge on any atom is 0.222 e. The van der Waals surface area contributed by atoms with Crippen molar-refractivity contribution in [3.8, 4) is 5.75 Å². The summed E-state index contributed by atoms with van der Waals surface area (Å²) in [6.07, 6.45) is 6.34. The molecule has 1 amide bonds. The van der Waals surface area contributed by atoms with Crippen molar-refractivity contribution in [2.24, 2.45) is 0 Å². The van der Waals surface area contributed by atoms with E-state index in [1.807, 2.05) is 43.0 Å². The van der Waals surface area contributed by atoms with Crippen LogP contribution in [0.25, 0.3) is 10.9 Å². The van der Waals surface area contributed by atoms with Crippen molar-refractivity contribution in [2.45, 2.75) is 65.0 Å². The Morgan fingerprint density at radius 1 is 1.23 bits per heavy atom. The lowest BCUT2D eigenvalue weighted by Crippen LogP contribution is -2.40. The van der Waals surface area contributed by atoms with Crippen LogP contribution in [0.2, 0.25) is 5.15 Å². The van der Waals surface area contributed by atoms with Crippen LogP contribution in [0.1, 0.15) is 57.9 Å². The molecule has 1 heterocycles. The highest BCUT2D eigenvalue weighted by atomic mass is 35.5. The molecule has 0 atom stereocenters. The van der Waals surface area contributed by atoms with Crippen LogP contribution in [0.3, 0.4) is 0 Å². The second-order valence-electron chi connectivity index (χ2n) is 6.89. The van der Waals surface area contributed by atoms with Gasteiger partial charge in [0.15, 0.2) is 0 Å². The first-order chi connectivity index (χ1) is 12.6. The number of hydrogen-bond donors (Lipinski definition) is 0. The average Bonchev–Trinajstić information content (AvgIpc) is 2.67. The normalized spacial score (nSPS) is 15.2. The molecule has 0 saturated heterocycles. The minimum Gasteiger partial charge on any atom is -0.494 e. The minimum atomic E-state index is 0.191. The van der Waals surface area contributed by atoms with Crippen molar-refractivity contribution < 1.29 is 9.53 Å². The van der Waals surface area contributed by atoms with Gasteiger partial charge in [-0.2, -0.15) is 0 Å². The van der Waals surface area contributed by atoms with Crippen LogP contribution in [0.4, 0.5) is 0 Å². The zero-order chi connectivity index (χ0) is 18.5. The SMILES string of the molecule is CCOc1ccc2nc(Cl)c(CN(C(=O)CC)C3CCCCC3)cc2c1. The van der Waals surface area contributed by atoms with Crippen LogP contribution >= 0.6 is 11.6 Å². The zero-order valence-electron chi connectivity index (χ0n) is 15.6. The fourth-order valence-electron chi connectivity index (χ4n) is 3.74. The van der Waals surface area contributed by atoms with Gasteiger partial charge in [0, 0.05) is 30.0 Å². The van der Waals surface area contributed by atoms with Gasteiger partial charge >= 0.3 is 0 Å². The lowest BCUT2D eigenvalue weighted by molar-refractivity contribution is -0.134. The van der Waals surface area contributed by atoms with E-state index in [1.165, 1.54) is 19.3 Å². The average molecular weight is 375 g/mol. The highest BCUT2D eigenvalue weighted by Gasteiger charge is 2.25. The number of benzene rings is 1. The van der Waals surface area contributed by atoms with Gasteiger partial charge in [0.25, 0.3) is 0 Å². The first-order valence-electron chi connectivity index (χ1n) is 9.63. The number of ether oxygens (including phenoxy) is 1. The topological polar surface area (TPSA) is 42.4 Å². The van der Waals surface area contributed by atoms with Gasteiger partial charge in [-0.1, -0.05) is 37.8 Å². The Balaban J connectivity index is 1.90. The summed E-state index contributed by atoms with van der Waals surface area (Å²) in [4.78, 5) is 19.1. The molecule has 0 radical (unpaired) electrons. The Morgan fingerprint density at radius 2 is 2.00 bits per heavy atom. The predicted molar refractivity (Wildman–Crippen MR) is 106 cm³/mol. The predicted octanol–water partition coefficient (Wildman–Crippen LogP) is 5.36. The maximum atomic E-state index is 12.6. The molecule has 1 aliphatic carbocycles. The van der Waals surface area contributed by atoms with Crippen molar-refractivity contribution in [3.05, 3.63) is 35.0 Å². The van der Waals surface area contributed by atoms with Crippen molar-refractivity contribution in [2.75, 3.05) is 6.61 Å². The van der Waals surface area contributed by atoms with Crippen LogP contribution < -0.4 is 4.74 Å².